The lowest BCUT2D eigenvalue weighted by atomic mass is 10.3. The van der Waals surface area contributed by atoms with Crippen LogP contribution in [0.1, 0.15) is 6.92 Å². The van der Waals surface area contributed by atoms with Crippen LogP contribution in [0.5, 0.6) is 5.75 Å². The summed E-state index contributed by atoms with van der Waals surface area (Å²) in [6.45, 7) is -0.567. The van der Waals surface area contributed by atoms with Crippen LogP contribution < -0.4 is 15.4 Å². The Morgan fingerprint density at radius 3 is 2.76 bits per heavy atom. The van der Waals surface area contributed by atoms with E-state index in [1.807, 2.05) is 6.92 Å². The monoisotopic (exact) mass is 298 g/mol. The maximum atomic E-state index is 13.7. The van der Waals surface area contributed by atoms with E-state index in [1.54, 1.807) is 6.07 Å². The molecule has 2 N–H and O–H groups in total. The van der Waals surface area contributed by atoms with Gasteiger partial charge in [-0.25, -0.2) is 9.37 Å². The minimum Gasteiger partial charge on any atom is -0.433 e. The van der Waals surface area contributed by atoms with Crippen LogP contribution in [0.4, 0.5) is 30.6 Å². The van der Waals surface area contributed by atoms with Gasteiger partial charge in [-0.15, -0.1) is 0 Å². The SMILES string of the molecule is CCNc1ncc(F)c(Nc2ccccc2OC(F)F)n1. The third-order valence-corrected chi connectivity index (χ3v) is 2.44. The Balaban J connectivity index is 2.27. The number of para-hydroxylation sites is 2. The van der Waals surface area contributed by atoms with Crippen LogP contribution in [-0.4, -0.2) is 23.1 Å². The third-order valence-electron chi connectivity index (χ3n) is 2.44. The van der Waals surface area contributed by atoms with Gasteiger partial charge in [-0.3, -0.25) is 0 Å². The molecule has 0 saturated carbocycles. The van der Waals surface area contributed by atoms with E-state index < -0.39 is 12.4 Å². The number of ether oxygens (including phenoxy) is 1. The molecule has 2 aromatic rings. The highest BCUT2D eigenvalue weighted by Crippen LogP contribution is 2.29. The number of halogens is 3. The lowest BCUT2D eigenvalue weighted by molar-refractivity contribution is -0.0493. The zero-order chi connectivity index (χ0) is 15.2. The summed E-state index contributed by atoms with van der Waals surface area (Å²) in [5.41, 5.74) is 0.179. The Morgan fingerprint density at radius 1 is 1.29 bits per heavy atom. The molecule has 1 heterocycles. The Bertz CT molecular complexity index is 610. The standard InChI is InChI=1S/C13H13F3N4O/c1-2-17-13-18-7-8(14)11(20-13)19-9-5-3-4-6-10(9)21-12(15)16/h3-7,12H,2H2,1H3,(H2,17,18,19,20). The van der Waals surface area contributed by atoms with E-state index in [-0.39, 0.29) is 23.2 Å². The van der Waals surface area contributed by atoms with Crippen molar-refractivity contribution in [2.75, 3.05) is 17.2 Å². The van der Waals surface area contributed by atoms with E-state index in [0.29, 0.717) is 6.54 Å². The molecule has 1 aromatic heterocycles. The van der Waals surface area contributed by atoms with E-state index in [4.69, 9.17) is 0 Å². The molecule has 0 aliphatic carbocycles. The molecule has 0 atom stereocenters. The summed E-state index contributed by atoms with van der Waals surface area (Å²) in [5, 5.41) is 5.45. The summed E-state index contributed by atoms with van der Waals surface area (Å²) in [4.78, 5) is 7.68. The van der Waals surface area contributed by atoms with Crippen molar-refractivity contribution in [3.8, 4) is 5.75 Å². The van der Waals surface area contributed by atoms with Crippen molar-refractivity contribution in [2.45, 2.75) is 13.5 Å². The van der Waals surface area contributed by atoms with Crippen molar-refractivity contribution in [2.24, 2.45) is 0 Å². The van der Waals surface area contributed by atoms with Gasteiger partial charge in [0.15, 0.2) is 11.6 Å². The van der Waals surface area contributed by atoms with Crippen LogP contribution in [0.15, 0.2) is 30.5 Å². The first kappa shape index (κ1) is 14.9. The summed E-state index contributed by atoms with van der Waals surface area (Å²) in [5.74, 6) is -0.709. The van der Waals surface area contributed by atoms with Gasteiger partial charge in [0, 0.05) is 6.54 Å². The molecule has 0 aliphatic rings. The smallest absolute Gasteiger partial charge is 0.387 e. The summed E-state index contributed by atoms with van der Waals surface area (Å²) < 4.78 is 42.7. The Morgan fingerprint density at radius 2 is 2.05 bits per heavy atom. The highest BCUT2D eigenvalue weighted by molar-refractivity contribution is 5.64. The summed E-state index contributed by atoms with van der Waals surface area (Å²) in [6.07, 6.45) is 0.990. The predicted molar refractivity (Wildman–Crippen MR) is 72.5 cm³/mol. The fraction of sp³-hybridized carbons (Fsp3) is 0.231. The number of rotatable bonds is 6. The number of hydrogen-bond donors (Lipinski definition) is 2. The number of hydrogen-bond acceptors (Lipinski definition) is 5. The first-order valence-electron chi connectivity index (χ1n) is 6.17. The van der Waals surface area contributed by atoms with Crippen molar-refractivity contribution in [3.63, 3.8) is 0 Å². The van der Waals surface area contributed by atoms with Crippen LogP contribution in [0, 0.1) is 5.82 Å². The topological polar surface area (TPSA) is 59.1 Å². The van der Waals surface area contributed by atoms with Crippen molar-refractivity contribution in [3.05, 3.63) is 36.3 Å². The van der Waals surface area contributed by atoms with Gasteiger partial charge in [-0.05, 0) is 19.1 Å². The second-order valence-corrected chi connectivity index (χ2v) is 3.92. The molecule has 112 valence electrons. The van der Waals surface area contributed by atoms with Crippen LogP contribution in [0.25, 0.3) is 0 Å². The Labute approximate surface area is 119 Å². The number of aromatic nitrogens is 2. The maximum Gasteiger partial charge on any atom is 0.387 e. The van der Waals surface area contributed by atoms with E-state index in [2.05, 4.69) is 25.3 Å². The van der Waals surface area contributed by atoms with Gasteiger partial charge in [-0.1, -0.05) is 12.1 Å². The zero-order valence-electron chi connectivity index (χ0n) is 11.1. The fourth-order valence-corrected chi connectivity index (χ4v) is 1.59. The molecular weight excluding hydrogens is 285 g/mol. The molecule has 0 aliphatic heterocycles. The van der Waals surface area contributed by atoms with Crippen LogP contribution in [0.2, 0.25) is 0 Å². The molecular formula is C13H13F3N4O. The number of nitrogens with one attached hydrogen (secondary N) is 2. The fourth-order valence-electron chi connectivity index (χ4n) is 1.59. The second-order valence-electron chi connectivity index (χ2n) is 3.92. The van der Waals surface area contributed by atoms with Gasteiger partial charge in [0.05, 0.1) is 11.9 Å². The van der Waals surface area contributed by atoms with Gasteiger partial charge >= 0.3 is 6.61 Å². The minimum atomic E-state index is -2.97. The van der Waals surface area contributed by atoms with Crippen LogP contribution in [0.3, 0.4) is 0 Å². The van der Waals surface area contributed by atoms with Crippen LogP contribution in [-0.2, 0) is 0 Å². The number of nitrogens with zero attached hydrogens (tertiary/aromatic N) is 2. The normalized spacial score (nSPS) is 10.5. The molecule has 0 bridgehead atoms. The van der Waals surface area contributed by atoms with Gasteiger partial charge in [-0.2, -0.15) is 13.8 Å². The first-order valence-corrected chi connectivity index (χ1v) is 6.17. The van der Waals surface area contributed by atoms with Gasteiger partial charge < -0.3 is 15.4 Å². The molecule has 0 radical (unpaired) electrons. The van der Waals surface area contributed by atoms with Gasteiger partial charge in [0.25, 0.3) is 0 Å². The largest absolute Gasteiger partial charge is 0.433 e. The van der Waals surface area contributed by atoms with Crippen molar-refractivity contribution < 1.29 is 17.9 Å². The molecule has 0 spiro atoms. The van der Waals surface area contributed by atoms with E-state index in [1.165, 1.54) is 18.2 Å². The lowest BCUT2D eigenvalue weighted by Crippen LogP contribution is -2.08. The summed E-state index contributed by atoms with van der Waals surface area (Å²) >= 11 is 0. The third kappa shape index (κ3) is 3.98. The molecule has 0 unspecified atom stereocenters. The minimum absolute atomic E-state index is 0.101. The quantitative estimate of drug-likeness (QED) is 0.856. The first-order chi connectivity index (χ1) is 10.1. The van der Waals surface area contributed by atoms with Crippen molar-refractivity contribution >= 4 is 17.5 Å². The average Bonchev–Trinajstić information content (AvgIpc) is 2.44. The molecule has 0 saturated heterocycles. The molecule has 2 rings (SSSR count). The molecule has 8 heteroatoms. The molecule has 0 fully saturated rings. The predicted octanol–water partition coefficient (Wildman–Crippen LogP) is 3.39. The molecule has 0 amide bonds. The lowest BCUT2D eigenvalue weighted by Gasteiger charge is -2.13. The van der Waals surface area contributed by atoms with Gasteiger partial charge in [0.2, 0.25) is 5.95 Å². The summed E-state index contributed by atoms with van der Waals surface area (Å²) in [6, 6.07) is 5.96. The van der Waals surface area contributed by atoms with Crippen LogP contribution >= 0.6 is 0 Å². The number of alkyl halides is 2. The Hall–Kier alpha value is -2.51. The number of benzene rings is 1. The number of anilines is 3. The highest BCUT2D eigenvalue weighted by atomic mass is 19.3. The molecule has 21 heavy (non-hydrogen) atoms. The van der Waals surface area contributed by atoms with E-state index >= 15 is 0 Å². The highest BCUT2D eigenvalue weighted by Gasteiger charge is 2.12. The second kappa shape index (κ2) is 6.78. The zero-order valence-corrected chi connectivity index (χ0v) is 11.1. The van der Waals surface area contributed by atoms with Crippen molar-refractivity contribution in [1.82, 2.24) is 9.97 Å². The van der Waals surface area contributed by atoms with Crippen molar-refractivity contribution in [1.29, 1.82) is 0 Å². The maximum absolute atomic E-state index is 13.7. The van der Waals surface area contributed by atoms with Gasteiger partial charge in [0.1, 0.15) is 5.75 Å². The molecule has 5 nitrogen and oxygen atoms in total. The summed E-state index contributed by atoms with van der Waals surface area (Å²) in [7, 11) is 0. The molecule has 1 aromatic carbocycles. The van der Waals surface area contributed by atoms with E-state index in [9.17, 15) is 13.2 Å². The average molecular weight is 298 g/mol. The van der Waals surface area contributed by atoms with E-state index in [0.717, 1.165) is 6.20 Å². The Kier molecular flexibility index (Phi) is 4.81.